The van der Waals surface area contributed by atoms with Crippen molar-refractivity contribution in [3.8, 4) is 0 Å². The number of rotatable bonds is 2. The molecule has 1 unspecified atom stereocenters. The molecule has 110 valence electrons. The molecule has 1 fully saturated rings. The van der Waals surface area contributed by atoms with Crippen molar-refractivity contribution in [3.63, 3.8) is 0 Å². The predicted octanol–water partition coefficient (Wildman–Crippen LogP) is 1.86. The lowest BCUT2D eigenvalue weighted by molar-refractivity contribution is 0.268. The zero-order chi connectivity index (χ0) is 14.8. The molecule has 0 saturated carbocycles. The lowest BCUT2D eigenvalue weighted by Crippen LogP contribution is -2.47. The quantitative estimate of drug-likeness (QED) is 0.911. The van der Waals surface area contributed by atoms with E-state index in [0.29, 0.717) is 11.9 Å². The molecule has 2 aromatic rings. The summed E-state index contributed by atoms with van der Waals surface area (Å²) in [5.74, 6) is 2.17. The number of nitrogens with two attached hydrogens (primary N) is 1. The number of hydrogen-bond acceptors (Lipinski definition) is 5. The predicted molar refractivity (Wildman–Crippen MR) is 85.2 cm³/mol. The average Bonchev–Trinajstić information content (AvgIpc) is 2.47. The summed E-state index contributed by atoms with van der Waals surface area (Å²) >= 11 is 0. The minimum absolute atomic E-state index is 0.290. The van der Waals surface area contributed by atoms with E-state index in [4.69, 9.17) is 5.73 Å². The van der Waals surface area contributed by atoms with Gasteiger partial charge in [-0.25, -0.2) is 9.97 Å². The molecule has 1 aromatic heterocycles. The van der Waals surface area contributed by atoms with Gasteiger partial charge in [-0.05, 0) is 19.5 Å². The van der Waals surface area contributed by atoms with Gasteiger partial charge in [0.2, 0.25) is 0 Å². The molecule has 21 heavy (non-hydrogen) atoms. The van der Waals surface area contributed by atoms with Gasteiger partial charge in [0.05, 0.1) is 6.04 Å². The fourth-order valence-electron chi connectivity index (χ4n) is 2.88. The third kappa shape index (κ3) is 2.97. The number of benzene rings is 1. The molecule has 1 aliphatic heterocycles. The Hall–Kier alpha value is -2.14. The van der Waals surface area contributed by atoms with Gasteiger partial charge in [0.15, 0.2) is 0 Å². The van der Waals surface area contributed by atoms with Crippen LogP contribution in [0.1, 0.15) is 17.4 Å². The summed E-state index contributed by atoms with van der Waals surface area (Å²) < 4.78 is 0. The second-order valence-corrected chi connectivity index (χ2v) is 5.58. The summed E-state index contributed by atoms with van der Waals surface area (Å²) in [6.07, 6.45) is 0. The van der Waals surface area contributed by atoms with Gasteiger partial charge in [-0.2, -0.15) is 0 Å². The molecule has 1 saturated heterocycles. The number of nitrogen functional groups attached to an aromatic ring is 1. The van der Waals surface area contributed by atoms with Crippen LogP contribution in [-0.2, 0) is 0 Å². The number of nitrogens with zero attached hydrogens (tertiary/aromatic N) is 4. The fraction of sp³-hybridized carbons (Fsp3) is 0.375. The minimum atomic E-state index is 0.290. The van der Waals surface area contributed by atoms with E-state index >= 15 is 0 Å². The highest BCUT2D eigenvalue weighted by Crippen LogP contribution is 2.29. The van der Waals surface area contributed by atoms with Crippen molar-refractivity contribution in [3.05, 3.63) is 47.8 Å². The highest BCUT2D eigenvalue weighted by Gasteiger charge is 2.27. The summed E-state index contributed by atoms with van der Waals surface area (Å²) in [6, 6.07) is 12.7. The van der Waals surface area contributed by atoms with Gasteiger partial charge < -0.3 is 15.5 Å². The van der Waals surface area contributed by atoms with Gasteiger partial charge in [-0.3, -0.25) is 0 Å². The number of hydrogen-bond donors (Lipinski definition) is 1. The van der Waals surface area contributed by atoms with E-state index in [1.165, 1.54) is 5.56 Å². The average molecular weight is 283 g/mol. The van der Waals surface area contributed by atoms with Gasteiger partial charge >= 0.3 is 0 Å². The summed E-state index contributed by atoms with van der Waals surface area (Å²) in [5, 5.41) is 0. The zero-order valence-electron chi connectivity index (χ0n) is 12.5. The van der Waals surface area contributed by atoms with Crippen molar-refractivity contribution in [2.45, 2.75) is 13.0 Å². The van der Waals surface area contributed by atoms with Crippen molar-refractivity contribution in [1.29, 1.82) is 0 Å². The monoisotopic (exact) mass is 283 g/mol. The van der Waals surface area contributed by atoms with Crippen molar-refractivity contribution >= 4 is 11.6 Å². The van der Waals surface area contributed by atoms with E-state index < -0.39 is 0 Å². The topological polar surface area (TPSA) is 58.3 Å². The normalized spacial score (nSPS) is 19.7. The Morgan fingerprint density at radius 1 is 1.14 bits per heavy atom. The van der Waals surface area contributed by atoms with Gasteiger partial charge in [0, 0.05) is 25.7 Å². The first-order valence-corrected chi connectivity index (χ1v) is 7.25. The molecule has 1 atom stereocenters. The molecule has 0 bridgehead atoms. The van der Waals surface area contributed by atoms with Crippen LogP contribution in [-0.4, -0.2) is 41.5 Å². The molecule has 5 nitrogen and oxygen atoms in total. The van der Waals surface area contributed by atoms with Gasteiger partial charge in [-0.1, -0.05) is 30.3 Å². The molecular weight excluding hydrogens is 262 g/mol. The zero-order valence-corrected chi connectivity index (χ0v) is 12.5. The largest absolute Gasteiger partial charge is 0.384 e. The third-order valence-corrected chi connectivity index (χ3v) is 3.91. The van der Waals surface area contributed by atoms with E-state index in [9.17, 15) is 0 Å². The highest BCUT2D eigenvalue weighted by molar-refractivity contribution is 5.49. The maximum absolute atomic E-state index is 5.89. The molecule has 5 heteroatoms. The molecule has 1 aliphatic rings. The first-order valence-electron chi connectivity index (χ1n) is 7.25. The highest BCUT2D eigenvalue weighted by atomic mass is 15.3. The number of piperazine rings is 1. The van der Waals surface area contributed by atoms with E-state index in [1.807, 2.05) is 19.1 Å². The van der Waals surface area contributed by atoms with Crippen LogP contribution in [0.25, 0.3) is 0 Å². The van der Waals surface area contributed by atoms with Crippen molar-refractivity contribution in [2.75, 3.05) is 37.3 Å². The van der Waals surface area contributed by atoms with E-state index in [2.05, 4.69) is 51.1 Å². The van der Waals surface area contributed by atoms with Crippen LogP contribution in [0.15, 0.2) is 36.4 Å². The van der Waals surface area contributed by atoms with Gasteiger partial charge in [0.25, 0.3) is 0 Å². The van der Waals surface area contributed by atoms with E-state index in [-0.39, 0.29) is 0 Å². The third-order valence-electron chi connectivity index (χ3n) is 3.91. The smallest absolute Gasteiger partial charge is 0.134 e. The number of likely N-dealkylation sites (N-methyl/N-ethyl adjacent to an activating group) is 1. The van der Waals surface area contributed by atoms with Crippen LogP contribution < -0.4 is 10.6 Å². The first kappa shape index (κ1) is 13.8. The Kier molecular flexibility index (Phi) is 3.75. The Morgan fingerprint density at radius 2 is 1.90 bits per heavy atom. The molecule has 0 radical (unpaired) electrons. The van der Waals surface area contributed by atoms with E-state index in [0.717, 1.165) is 31.3 Å². The SMILES string of the molecule is Cc1nc(N)cc(N2CCN(C)CC2c2ccccc2)n1. The summed E-state index contributed by atoms with van der Waals surface area (Å²) in [6.45, 7) is 4.82. The first-order chi connectivity index (χ1) is 10.1. The minimum Gasteiger partial charge on any atom is -0.384 e. The van der Waals surface area contributed by atoms with E-state index in [1.54, 1.807) is 0 Å². The van der Waals surface area contributed by atoms with Gasteiger partial charge in [-0.15, -0.1) is 0 Å². The Labute approximate surface area is 125 Å². The number of anilines is 2. The number of aromatic nitrogens is 2. The molecule has 1 aromatic carbocycles. The molecule has 2 N–H and O–H groups in total. The summed E-state index contributed by atoms with van der Waals surface area (Å²) in [5.41, 5.74) is 7.19. The second kappa shape index (κ2) is 5.69. The molecule has 2 heterocycles. The Balaban J connectivity index is 1.98. The van der Waals surface area contributed by atoms with Crippen molar-refractivity contribution in [2.24, 2.45) is 0 Å². The van der Waals surface area contributed by atoms with Crippen LogP contribution in [0, 0.1) is 6.92 Å². The van der Waals surface area contributed by atoms with Crippen LogP contribution in [0.5, 0.6) is 0 Å². The molecule has 0 spiro atoms. The maximum Gasteiger partial charge on any atom is 0.134 e. The standard InChI is InChI=1S/C16H21N5/c1-12-18-15(17)10-16(19-12)21-9-8-20(2)11-14(21)13-6-4-3-5-7-13/h3-7,10,14H,8-9,11H2,1-2H3,(H2,17,18,19). The van der Waals surface area contributed by atoms with Crippen molar-refractivity contribution < 1.29 is 0 Å². The van der Waals surface area contributed by atoms with Crippen molar-refractivity contribution in [1.82, 2.24) is 14.9 Å². The summed E-state index contributed by atoms with van der Waals surface area (Å²) in [4.78, 5) is 13.4. The second-order valence-electron chi connectivity index (χ2n) is 5.58. The lowest BCUT2D eigenvalue weighted by atomic mass is 10.0. The Bertz CT molecular complexity index is 593. The molecule has 0 amide bonds. The summed E-state index contributed by atoms with van der Waals surface area (Å²) in [7, 11) is 2.16. The molecule has 3 rings (SSSR count). The number of aryl methyl sites for hydroxylation is 1. The Morgan fingerprint density at radius 3 is 2.62 bits per heavy atom. The molecular formula is C16H21N5. The fourth-order valence-corrected chi connectivity index (χ4v) is 2.88. The van der Waals surface area contributed by atoms with Crippen LogP contribution in [0.3, 0.4) is 0 Å². The van der Waals surface area contributed by atoms with Gasteiger partial charge in [0.1, 0.15) is 17.5 Å². The maximum atomic E-state index is 5.89. The van der Waals surface area contributed by atoms with Crippen LogP contribution >= 0.6 is 0 Å². The molecule has 0 aliphatic carbocycles. The van der Waals surface area contributed by atoms with Crippen LogP contribution in [0.4, 0.5) is 11.6 Å². The van der Waals surface area contributed by atoms with Crippen LogP contribution in [0.2, 0.25) is 0 Å². The lowest BCUT2D eigenvalue weighted by Gasteiger charge is -2.41.